The molecule has 1 fully saturated rings. The SMILES string of the molecule is COc1cccc(NC(=O)[C@H](C)NC(=O)[C@H]2N3C(=O)c4ccccc4[C@H]3SC2(C)C)c1. The highest BCUT2D eigenvalue weighted by Crippen LogP contribution is 2.56. The molecule has 7 nitrogen and oxygen atoms in total. The van der Waals surface area contributed by atoms with Gasteiger partial charge in [-0.15, -0.1) is 11.8 Å². The molecular weight excluding hydrogens is 414 g/mol. The first-order valence-corrected chi connectivity index (χ1v) is 11.0. The van der Waals surface area contributed by atoms with E-state index >= 15 is 0 Å². The first-order chi connectivity index (χ1) is 14.7. The van der Waals surface area contributed by atoms with E-state index in [-0.39, 0.29) is 23.1 Å². The third-order valence-corrected chi connectivity index (χ3v) is 7.17. The molecule has 162 valence electrons. The lowest BCUT2D eigenvalue weighted by molar-refractivity contribution is -0.129. The molecule has 2 N–H and O–H groups in total. The van der Waals surface area contributed by atoms with Crippen LogP contribution < -0.4 is 15.4 Å². The third-order valence-electron chi connectivity index (χ3n) is 5.63. The van der Waals surface area contributed by atoms with Crippen LogP contribution in [0.3, 0.4) is 0 Å². The number of anilines is 1. The van der Waals surface area contributed by atoms with Crippen molar-refractivity contribution in [3.63, 3.8) is 0 Å². The van der Waals surface area contributed by atoms with Crippen LogP contribution in [0, 0.1) is 0 Å². The average molecular weight is 440 g/mol. The minimum Gasteiger partial charge on any atom is -0.497 e. The Bertz CT molecular complexity index is 1050. The van der Waals surface area contributed by atoms with Gasteiger partial charge in [0.25, 0.3) is 5.91 Å². The van der Waals surface area contributed by atoms with Gasteiger partial charge in [0.1, 0.15) is 23.2 Å². The van der Waals surface area contributed by atoms with Crippen molar-refractivity contribution >= 4 is 35.2 Å². The van der Waals surface area contributed by atoms with Gasteiger partial charge in [0.2, 0.25) is 11.8 Å². The van der Waals surface area contributed by atoms with Gasteiger partial charge in [-0.2, -0.15) is 0 Å². The van der Waals surface area contributed by atoms with E-state index in [1.165, 1.54) is 0 Å². The molecule has 31 heavy (non-hydrogen) atoms. The normalized spacial score (nSPS) is 21.8. The Kier molecular flexibility index (Phi) is 5.43. The van der Waals surface area contributed by atoms with Gasteiger partial charge in [0.05, 0.1) is 7.11 Å². The Morgan fingerprint density at radius 3 is 2.65 bits per heavy atom. The first-order valence-electron chi connectivity index (χ1n) is 10.1. The number of nitrogens with one attached hydrogen (secondary N) is 2. The Balaban J connectivity index is 1.48. The van der Waals surface area contributed by atoms with Crippen LogP contribution in [0.1, 0.15) is 42.1 Å². The largest absolute Gasteiger partial charge is 0.497 e. The lowest BCUT2D eigenvalue weighted by atomic mass is 10.0. The van der Waals surface area contributed by atoms with Crippen molar-refractivity contribution in [2.45, 2.75) is 43.0 Å². The zero-order chi connectivity index (χ0) is 22.3. The standard InChI is InChI=1S/C23H25N3O4S/c1-13(19(27)25-14-8-7-9-15(12-14)30-4)24-20(28)18-23(2,3)31-22-17-11-6-5-10-16(17)21(29)26(18)22/h5-13,18,22H,1-4H3,(H,24,28)(H,25,27)/t13-,18+,22+/m0/s1. The van der Waals surface area contributed by atoms with Gasteiger partial charge in [0.15, 0.2) is 0 Å². The van der Waals surface area contributed by atoms with Crippen molar-refractivity contribution in [2.75, 3.05) is 12.4 Å². The van der Waals surface area contributed by atoms with E-state index in [0.717, 1.165) is 5.56 Å². The number of ether oxygens (including phenoxy) is 1. The maximum absolute atomic E-state index is 13.2. The topological polar surface area (TPSA) is 87.7 Å². The molecule has 0 radical (unpaired) electrons. The van der Waals surface area contributed by atoms with Gasteiger partial charge >= 0.3 is 0 Å². The van der Waals surface area contributed by atoms with E-state index in [2.05, 4.69) is 10.6 Å². The molecule has 0 unspecified atom stereocenters. The Morgan fingerprint density at radius 1 is 1.16 bits per heavy atom. The highest BCUT2D eigenvalue weighted by Gasteiger charge is 2.57. The summed E-state index contributed by atoms with van der Waals surface area (Å²) in [5, 5.41) is 5.38. The lowest BCUT2D eigenvalue weighted by Gasteiger charge is -2.30. The number of nitrogens with zero attached hydrogens (tertiary/aromatic N) is 1. The van der Waals surface area contributed by atoms with Crippen LogP contribution in [0.4, 0.5) is 5.69 Å². The maximum Gasteiger partial charge on any atom is 0.256 e. The quantitative estimate of drug-likeness (QED) is 0.747. The second kappa shape index (κ2) is 7.92. The number of carbonyl (C=O) groups excluding carboxylic acids is 3. The molecule has 2 aromatic carbocycles. The minimum atomic E-state index is -0.779. The molecule has 3 atom stereocenters. The molecule has 2 aliphatic rings. The second-order valence-electron chi connectivity index (χ2n) is 8.23. The fraction of sp³-hybridized carbons (Fsp3) is 0.348. The summed E-state index contributed by atoms with van der Waals surface area (Å²) < 4.78 is 4.67. The molecule has 0 bridgehead atoms. The zero-order valence-electron chi connectivity index (χ0n) is 17.8. The number of rotatable bonds is 5. The lowest BCUT2D eigenvalue weighted by Crippen LogP contribution is -2.55. The predicted octanol–water partition coefficient (Wildman–Crippen LogP) is 3.19. The van der Waals surface area contributed by atoms with Gasteiger partial charge in [-0.05, 0) is 44.5 Å². The van der Waals surface area contributed by atoms with Gasteiger partial charge in [-0.3, -0.25) is 14.4 Å². The minimum absolute atomic E-state index is 0.146. The van der Waals surface area contributed by atoms with Gasteiger partial charge in [0, 0.05) is 22.1 Å². The molecule has 2 aliphatic heterocycles. The van der Waals surface area contributed by atoms with Crippen molar-refractivity contribution in [2.24, 2.45) is 0 Å². The second-order valence-corrected chi connectivity index (χ2v) is 9.96. The Hall–Kier alpha value is -3.00. The van der Waals surface area contributed by atoms with Crippen LogP contribution in [-0.2, 0) is 9.59 Å². The Labute approximate surface area is 185 Å². The molecule has 1 saturated heterocycles. The van der Waals surface area contributed by atoms with Crippen molar-refractivity contribution < 1.29 is 19.1 Å². The van der Waals surface area contributed by atoms with E-state index < -0.39 is 16.8 Å². The summed E-state index contributed by atoms with van der Waals surface area (Å²) in [6.45, 7) is 5.54. The number of hydrogen-bond acceptors (Lipinski definition) is 5. The van der Waals surface area contributed by atoms with E-state index in [1.54, 1.807) is 61.0 Å². The van der Waals surface area contributed by atoms with E-state index in [9.17, 15) is 14.4 Å². The summed E-state index contributed by atoms with van der Waals surface area (Å²) in [5.74, 6) is -0.211. The first kappa shape index (κ1) is 21.2. The van der Waals surface area contributed by atoms with Crippen molar-refractivity contribution in [3.8, 4) is 5.75 Å². The summed E-state index contributed by atoms with van der Waals surface area (Å²) in [6, 6.07) is 13.0. The number of fused-ring (bicyclic) bond motifs is 3. The number of benzene rings is 2. The summed E-state index contributed by atoms with van der Waals surface area (Å²) in [4.78, 5) is 40.6. The van der Waals surface area contributed by atoms with E-state index in [0.29, 0.717) is 17.0 Å². The van der Waals surface area contributed by atoms with Crippen LogP contribution in [0.25, 0.3) is 0 Å². The molecule has 0 aromatic heterocycles. The highest BCUT2D eigenvalue weighted by atomic mass is 32.2. The Morgan fingerprint density at radius 2 is 1.90 bits per heavy atom. The zero-order valence-corrected chi connectivity index (χ0v) is 18.7. The predicted molar refractivity (Wildman–Crippen MR) is 120 cm³/mol. The molecule has 8 heteroatoms. The number of carbonyl (C=O) groups is 3. The van der Waals surface area contributed by atoms with Crippen molar-refractivity contribution in [3.05, 3.63) is 59.7 Å². The number of amides is 3. The number of hydrogen-bond donors (Lipinski definition) is 2. The summed E-state index contributed by atoms with van der Waals surface area (Å²) >= 11 is 1.59. The summed E-state index contributed by atoms with van der Waals surface area (Å²) in [6.07, 6.45) is 0. The van der Waals surface area contributed by atoms with Crippen molar-refractivity contribution in [1.29, 1.82) is 0 Å². The molecule has 4 rings (SSSR count). The number of methoxy groups -OCH3 is 1. The van der Waals surface area contributed by atoms with Crippen LogP contribution in [0.15, 0.2) is 48.5 Å². The molecule has 0 aliphatic carbocycles. The molecule has 3 amide bonds. The molecule has 0 spiro atoms. The summed E-state index contributed by atoms with van der Waals surface area (Å²) in [7, 11) is 1.55. The van der Waals surface area contributed by atoms with Gasteiger partial charge < -0.3 is 20.3 Å². The van der Waals surface area contributed by atoms with Crippen molar-refractivity contribution in [1.82, 2.24) is 10.2 Å². The fourth-order valence-electron chi connectivity index (χ4n) is 4.11. The van der Waals surface area contributed by atoms with Crippen LogP contribution in [0.5, 0.6) is 5.75 Å². The fourth-order valence-corrected chi connectivity index (χ4v) is 5.70. The van der Waals surface area contributed by atoms with Crippen LogP contribution in [0.2, 0.25) is 0 Å². The van der Waals surface area contributed by atoms with Gasteiger partial charge in [-0.25, -0.2) is 0 Å². The third kappa shape index (κ3) is 3.76. The van der Waals surface area contributed by atoms with E-state index in [4.69, 9.17) is 4.74 Å². The van der Waals surface area contributed by atoms with Crippen LogP contribution >= 0.6 is 11.8 Å². The van der Waals surface area contributed by atoms with Crippen LogP contribution in [-0.4, -0.2) is 46.6 Å². The monoisotopic (exact) mass is 439 g/mol. The van der Waals surface area contributed by atoms with E-state index in [1.807, 2.05) is 32.0 Å². The maximum atomic E-state index is 13.2. The number of thioether (sulfide) groups is 1. The highest BCUT2D eigenvalue weighted by molar-refractivity contribution is 8.01. The van der Waals surface area contributed by atoms with Gasteiger partial charge in [-0.1, -0.05) is 24.3 Å². The molecule has 0 saturated carbocycles. The average Bonchev–Trinajstić information content (AvgIpc) is 3.17. The molecule has 2 heterocycles. The summed E-state index contributed by atoms with van der Waals surface area (Å²) in [5.41, 5.74) is 2.15. The molecular formula is C23H25N3O4S. The smallest absolute Gasteiger partial charge is 0.256 e. The molecule has 2 aromatic rings.